The zero-order valence-electron chi connectivity index (χ0n) is 19.3. The number of thioether (sulfide) groups is 1. The van der Waals surface area contributed by atoms with Crippen molar-refractivity contribution in [1.29, 1.82) is 0 Å². The van der Waals surface area contributed by atoms with Crippen molar-refractivity contribution in [3.8, 4) is 0 Å². The van der Waals surface area contributed by atoms with Crippen molar-refractivity contribution >= 4 is 69.3 Å². The number of nitrogens with one attached hydrogen (secondary N) is 3. The maximum Gasteiger partial charge on any atom is 0.272 e. The predicted molar refractivity (Wildman–Crippen MR) is 150 cm³/mol. The van der Waals surface area contributed by atoms with Crippen molar-refractivity contribution in [1.82, 2.24) is 10.3 Å². The van der Waals surface area contributed by atoms with Gasteiger partial charge in [-0.05, 0) is 60.2 Å². The number of halogens is 1. The molecule has 186 valence electrons. The minimum atomic E-state index is -0.484. The first-order chi connectivity index (χ1) is 18.0. The molecular weight excluding hydrogens is 528 g/mol. The van der Waals surface area contributed by atoms with Crippen molar-refractivity contribution in [3.05, 3.63) is 112 Å². The Kier molecular flexibility index (Phi) is 9.09. The highest BCUT2D eigenvalue weighted by atomic mass is 35.5. The van der Waals surface area contributed by atoms with E-state index in [1.54, 1.807) is 78.3 Å². The number of rotatable bonds is 9. The molecule has 0 unspecified atom stereocenters. The molecule has 7 nitrogen and oxygen atoms in total. The molecule has 0 bridgehead atoms. The van der Waals surface area contributed by atoms with E-state index in [-0.39, 0.29) is 17.4 Å². The predicted octanol–water partition coefficient (Wildman–Crippen LogP) is 5.94. The Hall–Kier alpha value is -3.92. The van der Waals surface area contributed by atoms with Gasteiger partial charge < -0.3 is 16.0 Å². The molecule has 0 aliphatic heterocycles. The molecule has 4 rings (SSSR count). The van der Waals surface area contributed by atoms with E-state index in [2.05, 4.69) is 20.9 Å². The van der Waals surface area contributed by atoms with Crippen LogP contribution in [-0.4, -0.2) is 28.5 Å². The maximum absolute atomic E-state index is 13.1. The highest BCUT2D eigenvalue weighted by Gasteiger charge is 2.15. The quantitative estimate of drug-likeness (QED) is 0.178. The molecule has 0 saturated carbocycles. The van der Waals surface area contributed by atoms with Crippen LogP contribution in [0.3, 0.4) is 0 Å². The van der Waals surface area contributed by atoms with Gasteiger partial charge in [0, 0.05) is 32.7 Å². The van der Waals surface area contributed by atoms with Crippen LogP contribution < -0.4 is 16.0 Å². The molecule has 0 atom stereocenters. The van der Waals surface area contributed by atoms with Crippen molar-refractivity contribution < 1.29 is 14.4 Å². The fourth-order valence-electron chi connectivity index (χ4n) is 3.09. The normalized spacial score (nSPS) is 11.0. The molecule has 0 fully saturated rings. The van der Waals surface area contributed by atoms with Crippen molar-refractivity contribution in [2.75, 3.05) is 16.4 Å². The Bertz CT molecular complexity index is 1390. The van der Waals surface area contributed by atoms with Crippen molar-refractivity contribution in [3.63, 3.8) is 0 Å². The molecule has 3 N–H and O–H groups in total. The van der Waals surface area contributed by atoms with E-state index in [1.165, 1.54) is 23.1 Å². The monoisotopic (exact) mass is 548 g/mol. The van der Waals surface area contributed by atoms with Gasteiger partial charge in [0.25, 0.3) is 11.8 Å². The number of amides is 3. The number of aromatic nitrogens is 1. The third-order valence-electron chi connectivity index (χ3n) is 4.87. The third-order valence-corrected chi connectivity index (χ3v) is 6.82. The van der Waals surface area contributed by atoms with Gasteiger partial charge in [0.05, 0.1) is 5.75 Å². The molecule has 37 heavy (non-hydrogen) atoms. The molecule has 0 aliphatic rings. The molecule has 0 saturated heterocycles. The number of carbonyl (C=O) groups is 3. The van der Waals surface area contributed by atoms with Crippen LogP contribution in [0.4, 0.5) is 10.8 Å². The molecule has 0 radical (unpaired) electrons. The molecule has 10 heteroatoms. The zero-order chi connectivity index (χ0) is 26.0. The smallest absolute Gasteiger partial charge is 0.272 e. The van der Waals surface area contributed by atoms with Gasteiger partial charge in [0.2, 0.25) is 5.91 Å². The fraction of sp³-hybridized carbons (Fsp3) is 0.0370. The van der Waals surface area contributed by atoms with E-state index < -0.39 is 11.8 Å². The number of thiazole rings is 1. The number of benzene rings is 3. The van der Waals surface area contributed by atoms with Crippen LogP contribution >= 0.6 is 34.7 Å². The second kappa shape index (κ2) is 12.9. The summed E-state index contributed by atoms with van der Waals surface area (Å²) in [5, 5.41) is 11.2. The lowest BCUT2D eigenvalue weighted by molar-refractivity contribution is -0.114. The number of hydrogen-bond acceptors (Lipinski definition) is 6. The second-order valence-corrected chi connectivity index (χ2v) is 9.96. The van der Waals surface area contributed by atoms with E-state index in [9.17, 15) is 14.4 Å². The van der Waals surface area contributed by atoms with E-state index in [0.29, 0.717) is 27.0 Å². The number of anilines is 2. The van der Waals surface area contributed by atoms with Gasteiger partial charge in [-0.1, -0.05) is 41.9 Å². The van der Waals surface area contributed by atoms with Gasteiger partial charge in [-0.25, -0.2) is 4.98 Å². The standard InChI is InChI=1S/C27H21ClN4O3S2/c28-20-8-6-18(7-9-20)16-23(31-25(34)19-4-2-1-3-5-19)26(35)30-21-10-12-22(13-11-21)37-17-24(33)32-27-29-14-15-36-27/h1-16H,17H2,(H,30,35)(H,31,34)(H,29,32,33)/b23-16-. The van der Waals surface area contributed by atoms with Crippen LogP contribution in [0.5, 0.6) is 0 Å². The lowest BCUT2D eigenvalue weighted by Crippen LogP contribution is -2.30. The van der Waals surface area contributed by atoms with Crippen LogP contribution in [-0.2, 0) is 9.59 Å². The van der Waals surface area contributed by atoms with Gasteiger partial charge in [-0.3, -0.25) is 14.4 Å². The summed E-state index contributed by atoms with van der Waals surface area (Å²) in [6.07, 6.45) is 3.21. The van der Waals surface area contributed by atoms with E-state index in [1.807, 2.05) is 18.2 Å². The molecule has 0 aliphatic carbocycles. The van der Waals surface area contributed by atoms with E-state index in [4.69, 9.17) is 11.6 Å². The highest BCUT2D eigenvalue weighted by Crippen LogP contribution is 2.22. The summed E-state index contributed by atoms with van der Waals surface area (Å²) in [4.78, 5) is 42.8. The summed E-state index contributed by atoms with van der Waals surface area (Å²) in [5.41, 5.74) is 1.74. The van der Waals surface area contributed by atoms with Crippen LogP contribution in [0.25, 0.3) is 6.08 Å². The molecule has 1 aromatic heterocycles. The maximum atomic E-state index is 13.1. The van der Waals surface area contributed by atoms with Crippen LogP contribution in [0.15, 0.2) is 101 Å². The van der Waals surface area contributed by atoms with Crippen LogP contribution in [0.1, 0.15) is 15.9 Å². The molecule has 4 aromatic rings. The van der Waals surface area contributed by atoms with E-state index in [0.717, 1.165) is 4.90 Å². The zero-order valence-corrected chi connectivity index (χ0v) is 21.7. The van der Waals surface area contributed by atoms with E-state index >= 15 is 0 Å². The topological polar surface area (TPSA) is 100 Å². The van der Waals surface area contributed by atoms with Gasteiger partial charge in [-0.2, -0.15) is 0 Å². The Balaban J connectivity index is 1.41. The number of hydrogen-bond donors (Lipinski definition) is 3. The van der Waals surface area contributed by atoms with Crippen molar-refractivity contribution in [2.24, 2.45) is 0 Å². The molecule has 3 aromatic carbocycles. The number of nitrogens with zero attached hydrogens (tertiary/aromatic N) is 1. The lowest BCUT2D eigenvalue weighted by atomic mass is 10.1. The van der Waals surface area contributed by atoms with Gasteiger partial charge >= 0.3 is 0 Å². The summed E-state index contributed by atoms with van der Waals surface area (Å²) < 4.78 is 0. The fourth-order valence-corrected chi connectivity index (χ4v) is 4.46. The summed E-state index contributed by atoms with van der Waals surface area (Å²) in [5.74, 6) is -0.810. The third kappa shape index (κ3) is 8.04. The molecule has 3 amide bonds. The van der Waals surface area contributed by atoms with Crippen LogP contribution in [0, 0.1) is 0 Å². The minimum absolute atomic E-state index is 0.0773. The summed E-state index contributed by atoms with van der Waals surface area (Å²) >= 11 is 8.69. The Morgan fingerprint density at radius 2 is 1.65 bits per heavy atom. The first kappa shape index (κ1) is 26.2. The number of carbonyl (C=O) groups excluding carboxylic acids is 3. The summed E-state index contributed by atoms with van der Waals surface area (Å²) in [6, 6.07) is 22.6. The van der Waals surface area contributed by atoms with Crippen molar-refractivity contribution in [2.45, 2.75) is 4.90 Å². The molecule has 0 spiro atoms. The summed E-state index contributed by atoms with van der Waals surface area (Å²) in [6.45, 7) is 0. The Morgan fingerprint density at radius 3 is 2.32 bits per heavy atom. The second-order valence-electron chi connectivity index (χ2n) is 7.58. The first-order valence-corrected chi connectivity index (χ1v) is 13.3. The van der Waals surface area contributed by atoms with Gasteiger partial charge in [0.15, 0.2) is 5.13 Å². The Labute approximate surface area is 227 Å². The largest absolute Gasteiger partial charge is 0.321 e. The summed E-state index contributed by atoms with van der Waals surface area (Å²) in [7, 11) is 0. The van der Waals surface area contributed by atoms with Gasteiger partial charge in [0.1, 0.15) is 5.70 Å². The highest BCUT2D eigenvalue weighted by molar-refractivity contribution is 8.00. The molecule has 1 heterocycles. The average Bonchev–Trinajstić information content (AvgIpc) is 3.42. The van der Waals surface area contributed by atoms with Gasteiger partial charge in [-0.15, -0.1) is 23.1 Å². The Morgan fingerprint density at radius 1 is 0.919 bits per heavy atom. The average molecular weight is 549 g/mol. The van der Waals surface area contributed by atoms with Crippen LogP contribution in [0.2, 0.25) is 5.02 Å². The first-order valence-electron chi connectivity index (χ1n) is 11.0. The molecular formula is C27H21ClN4O3S2. The lowest BCUT2D eigenvalue weighted by Gasteiger charge is -2.12. The SMILES string of the molecule is O=C(CSc1ccc(NC(=O)/C(=C/c2ccc(Cl)cc2)NC(=O)c2ccccc2)cc1)Nc1nccs1. The minimum Gasteiger partial charge on any atom is -0.321 e.